The van der Waals surface area contributed by atoms with Crippen LogP contribution in [0.25, 0.3) is 0 Å². The van der Waals surface area contributed by atoms with E-state index in [0.29, 0.717) is 31.9 Å². The highest BCUT2D eigenvalue weighted by atomic mass is 35.5. The molecular weight excluding hydrogens is 326 g/mol. The number of halogens is 1. The first-order chi connectivity index (χ1) is 10.3. The van der Waals surface area contributed by atoms with Crippen LogP contribution in [0.2, 0.25) is 0 Å². The third-order valence-electron chi connectivity index (χ3n) is 2.74. The van der Waals surface area contributed by atoms with E-state index in [1.807, 2.05) is 17.5 Å². The maximum atomic E-state index is 11.9. The average Bonchev–Trinajstić information content (AvgIpc) is 3.15. The topological polar surface area (TPSA) is 81.1 Å². The Morgan fingerprint density at radius 3 is 3.00 bits per heavy atom. The van der Waals surface area contributed by atoms with Crippen LogP contribution in [0.3, 0.4) is 0 Å². The number of amides is 1. The number of carbonyl (C=O) groups excluding carboxylic acids is 1. The van der Waals surface area contributed by atoms with Crippen LogP contribution in [-0.4, -0.2) is 54.3 Å². The van der Waals surface area contributed by atoms with Crippen molar-refractivity contribution < 1.29 is 9.53 Å². The SMILES string of the molecule is COCCNCCNC(=O)c1cn(Cc2cccs2)nn1.Cl. The van der Waals surface area contributed by atoms with E-state index in [1.54, 1.807) is 29.3 Å². The van der Waals surface area contributed by atoms with Crippen LogP contribution in [0.5, 0.6) is 0 Å². The van der Waals surface area contributed by atoms with Crippen LogP contribution in [0.4, 0.5) is 0 Å². The Morgan fingerprint density at radius 1 is 1.41 bits per heavy atom. The van der Waals surface area contributed by atoms with E-state index in [9.17, 15) is 4.79 Å². The molecule has 0 spiro atoms. The lowest BCUT2D eigenvalue weighted by Gasteiger charge is -2.04. The number of hydrogen-bond acceptors (Lipinski definition) is 6. The molecule has 2 heterocycles. The van der Waals surface area contributed by atoms with Gasteiger partial charge < -0.3 is 15.4 Å². The summed E-state index contributed by atoms with van der Waals surface area (Å²) in [4.78, 5) is 13.0. The first-order valence-electron chi connectivity index (χ1n) is 6.70. The molecule has 0 radical (unpaired) electrons. The maximum absolute atomic E-state index is 11.9. The normalized spacial score (nSPS) is 10.2. The molecule has 0 aliphatic rings. The van der Waals surface area contributed by atoms with Gasteiger partial charge in [0.05, 0.1) is 19.3 Å². The smallest absolute Gasteiger partial charge is 0.273 e. The molecule has 2 aromatic rings. The van der Waals surface area contributed by atoms with Gasteiger partial charge in [0.25, 0.3) is 5.91 Å². The lowest BCUT2D eigenvalue weighted by molar-refractivity contribution is 0.0948. The lowest BCUT2D eigenvalue weighted by atomic mass is 10.4. The van der Waals surface area contributed by atoms with Crippen molar-refractivity contribution in [1.29, 1.82) is 0 Å². The minimum Gasteiger partial charge on any atom is -0.383 e. The molecule has 0 saturated carbocycles. The summed E-state index contributed by atoms with van der Waals surface area (Å²) in [5, 5.41) is 15.8. The second kappa shape index (κ2) is 10.3. The quantitative estimate of drug-likeness (QED) is 0.656. The molecule has 0 saturated heterocycles. The Balaban J connectivity index is 0.00000242. The molecule has 0 fully saturated rings. The van der Waals surface area contributed by atoms with E-state index >= 15 is 0 Å². The molecule has 1 amide bonds. The van der Waals surface area contributed by atoms with Crippen molar-refractivity contribution in [3.05, 3.63) is 34.3 Å². The molecule has 2 rings (SSSR count). The van der Waals surface area contributed by atoms with Crippen LogP contribution in [-0.2, 0) is 11.3 Å². The third-order valence-corrected chi connectivity index (χ3v) is 3.60. The largest absolute Gasteiger partial charge is 0.383 e. The second-order valence-corrected chi connectivity index (χ2v) is 5.41. The summed E-state index contributed by atoms with van der Waals surface area (Å²) < 4.78 is 6.58. The standard InChI is InChI=1S/C13H19N5O2S.ClH/c1-20-7-6-14-4-5-15-13(19)12-10-18(17-16-12)9-11-3-2-8-21-11;/h2-3,8,10,14H,4-7,9H2,1H3,(H,15,19);1H. The molecule has 122 valence electrons. The van der Waals surface area contributed by atoms with Crippen LogP contribution < -0.4 is 10.6 Å². The monoisotopic (exact) mass is 345 g/mol. The molecule has 0 unspecified atom stereocenters. The molecule has 0 aliphatic heterocycles. The van der Waals surface area contributed by atoms with Gasteiger partial charge in [-0.1, -0.05) is 11.3 Å². The molecule has 0 bridgehead atoms. The van der Waals surface area contributed by atoms with Crippen molar-refractivity contribution in [2.75, 3.05) is 33.4 Å². The summed E-state index contributed by atoms with van der Waals surface area (Å²) in [7, 11) is 1.66. The van der Waals surface area contributed by atoms with Gasteiger partial charge in [-0.15, -0.1) is 28.8 Å². The molecular formula is C13H20ClN5O2S. The Bertz CT molecular complexity index is 546. The van der Waals surface area contributed by atoms with Gasteiger partial charge in [-0.2, -0.15) is 0 Å². The number of methoxy groups -OCH3 is 1. The highest BCUT2D eigenvalue weighted by molar-refractivity contribution is 7.09. The van der Waals surface area contributed by atoms with E-state index in [-0.39, 0.29) is 18.3 Å². The van der Waals surface area contributed by atoms with Gasteiger partial charge in [0.2, 0.25) is 0 Å². The summed E-state index contributed by atoms with van der Waals surface area (Å²) in [6.45, 7) is 3.30. The summed E-state index contributed by atoms with van der Waals surface area (Å²) in [6, 6.07) is 4.01. The minimum absolute atomic E-state index is 0. The van der Waals surface area contributed by atoms with Gasteiger partial charge in [0.15, 0.2) is 5.69 Å². The lowest BCUT2D eigenvalue weighted by Crippen LogP contribution is -2.33. The number of thiophene rings is 1. The fraction of sp³-hybridized carbons (Fsp3) is 0.462. The van der Waals surface area contributed by atoms with E-state index in [4.69, 9.17) is 4.74 Å². The Labute approximate surface area is 139 Å². The molecule has 7 nitrogen and oxygen atoms in total. The summed E-state index contributed by atoms with van der Waals surface area (Å²) >= 11 is 1.65. The first kappa shape index (κ1) is 18.6. The fourth-order valence-corrected chi connectivity index (χ4v) is 2.39. The Hall–Kier alpha value is -1.48. The van der Waals surface area contributed by atoms with Crippen molar-refractivity contribution in [3.8, 4) is 0 Å². The number of rotatable bonds is 9. The van der Waals surface area contributed by atoms with Crippen molar-refractivity contribution in [1.82, 2.24) is 25.6 Å². The van der Waals surface area contributed by atoms with E-state index in [2.05, 4.69) is 20.9 Å². The summed E-state index contributed by atoms with van der Waals surface area (Å²) in [6.07, 6.45) is 1.66. The average molecular weight is 346 g/mol. The van der Waals surface area contributed by atoms with Crippen molar-refractivity contribution in [3.63, 3.8) is 0 Å². The number of ether oxygens (including phenoxy) is 1. The van der Waals surface area contributed by atoms with Crippen LogP contribution >= 0.6 is 23.7 Å². The summed E-state index contributed by atoms with van der Waals surface area (Å²) in [5.41, 5.74) is 0.337. The number of nitrogens with zero attached hydrogens (tertiary/aromatic N) is 3. The van der Waals surface area contributed by atoms with Crippen LogP contribution in [0.1, 0.15) is 15.4 Å². The Kier molecular flexibility index (Phi) is 8.68. The zero-order valence-corrected chi connectivity index (χ0v) is 14.0. The van der Waals surface area contributed by atoms with Crippen molar-refractivity contribution in [2.45, 2.75) is 6.54 Å². The molecule has 9 heteroatoms. The van der Waals surface area contributed by atoms with E-state index in [1.165, 1.54) is 4.88 Å². The Morgan fingerprint density at radius 2 is 2.27 bits per heavy atom. The highest BCUT2D eigenvalue weighted by Gasteiger charge is 2.10. The third kappa shape index (κ3) is 6.10. The zero-order valence-electron chi connectivity index (χ0n) is 12.3. The maximum Gasteiger partial charge on any atom is 0.273 e. The molecule has 2 N–H and O–H groups in total. The number of nitrogens with one attached hydrogen (secondary N) is 2. The molecule has 0 aliphatic carbocycles. The van der Waals surface area contributed by atoms with Gasteiger partial charge in [-0.05, 0) is 11.4 Å². The van der Waals surface area contributed by atoms with Crippen molar-refractivity contribution in [2.24, 2.45) is 0 Å². The highest BCUT2D eigenvalue weighted by Crippen LogP contribution is 2.09. The number of carbonyl (C=O) groups is 1. The number of aromatic nitrogens is 3. The van der Waals surface area contributed by atoms with Crippen LogP contribution in [0, 0.1) is 0 Å². The molecule has 0 atom stereocenters. The number of hydrogen-bond donors (Lipinski definition) is 2. The first-order valence-corrected chi connectivity index (χ1v) is 7.58. The predicted molar refractivity (Wildman–Crippen MR) is 87.8 cm³/mol. The van der Waals surface area contributed by atoms with Gasteiger partial charge in [0.1, 0.15) is 0 Å². The van der Waals surface area contributed by atoms with Gasteiger partial charge >= 0.3 is 0 Å². The van der Waals surface area contributed by atoms with Gasteiger partial charge in [0, 0.05) is 31.6 Å². The molecule has 22 heavy (non-hydrogen) atoms. The molecule has 0 aromatic carbocycles. The zero-order chi connectivity index (χ0) is 14.9. The fourth-order valence-electron chi connectivity index (χ4n) is 1.70. The van der Waals surface area contributed by atoms with Crippen LogP contribution in [0.15, 0.2) is 23.7 Å². The van der Waals surface area contributed by atoms with E-state index in [0.717, 1.165) is 6.54 Å². The predicted octanol–water partition coefficient (Wildman–Crippen LogP) is 0.775. The second-order valence-electron chi connectivity index (χ2n) is 4.38. The molecule has 2 aromatic heterocycles. The van der Waals surface area contributed by atoms with Crippen molar-refractivity contribution >= 4 is 29.7 Å². The van der Waals surface area contributed by atoms with E-state index < -0.39 is 0 Å². The van der Waals surface area contributed by atoms with Gasteiger partial charge in [-0.3, -0.25) is 4.79 Å². The van der Waals surface area contributed by atoms with Gasteiger partial charge in [-0.25, -0.2) is 4.68 Å². The minimum atomic E-state index is -0.207. The summed E-state index contributed by atoms with van der Waals surface area (Å²) in [5.74, 6) is -0.207.